The van der Waals surface area contributed by atoms with Crippen molar-refractivity contribution >= 4 is 17.8 Å². The first-order chi connectivity index (χ1) is 12.0. The Balaban J connectivity index is 1.55. The number of amides is 2. The molecule has 0 unspecified atom stereocenters. The van der Waals surface area contributed by atoms with E-state index < -0.39 is 11.9 Å². The van der Waals surface area contributed by atoms with Crippen LogP contribution in [0.2, 0.25) is 0 Å². The predicted molar refractivity (Wildman–Crippen MR) is 90.2 cm³/mol. The van der Waals surface area contributed by atoms with Crippen molar-refractivity contribution in [3.05, 3.63) is 29.6 Å². The standard InChI is InChI=1S/C18H23N3O4/c22-16(14-7-4-8-15(20-14)18(24)25)19-13-9-10-21(11-13)17(23)12-5-2-1-3-6-12/h4,7-8,12-13H,1-3,5-6,9-11H2,(H,19,22)(H,24,25)/t13-/m1/s1. The van der Waals surface area contributed by atoms with Crippen LogP contribution in [0.3, 0.4) is 0 Å². The van der Waals surface area contributed by atoms with Gasteiger partial charge in [0.1, 0.15) is 11.4 Å². The summed E-state index contributed by atoms with van der Waals surface area (Å²) in [5.41, 5.74) is -0.0786. The maximum Gasteiger partial charge on any atom is 0.354 e. The Morgan fingerprint density at radius 2 is 1.80 bits per heavy atom. The highest BCUT2D eigenvalue weighted by Crippen LogP contribution is 2.26. The maximum absolute atomic E-state index is 12.6. The molecule has 2 fully saturated rings. The van der Waals surface area contributed by atoms with Crippen molar-refractivity contribution in [3.63, 3.8) is 0 Å². The number of carbonyl (C=O) groups is 3. The normalized spacial score (nSPS) is 21.1. The Kier molecular flexibility index (Phi) is 5.31. The SMILES string of the molecule is O=C(O)c1cccc(C(=O)N[C@@H]2CCN(C(=O)C3CCCCC3)C2)n1. The van der Waals surface area contributed by atoms with Crippen LogP contribution in [0.25, 0.3) is 0 Å². The molecule has 2 aliphatic rings. The summed E-state index contributed by atoms with van der Waals surface area (Å²) in [6, 6.07) is 4.22. The van der Waals surface area contributed by atoms with Crippen LogP contribution in [-0.4, -0.2) is 51.9 Å². The van der Waals surface area contributed by atoms with Crippen molar-refractivity contribution in [2.24, 2.45) is 5.92 Å². The molecule has 7 heteroatoms. The third-order valence-corrected chi connectivity index (χ3v) is 4.99. The van der Waals surface area contributed by atoms with Gasteiger partial charge in [0, 0.05) is 25.0 Å². The molecule has 134 valence electrons. The van der Waals surface area contributed by atoms with Gasteiger partial charge in [-0.15, -0.1) is 0 Å². The van der Waals surface area contributed by atoms with Crippen LogP contribution >= 0.6 is 0 Å². The topological polar surface area (TPSA) is 99.6 Å². The number of hydrogen-bond donors (Lipinski definition) is 2. The maximum atomic E-state index is 12.6. The molecule has 1 saturated heterocycles. The average Bonchev–Trinajstić information content (AvgIpc) is 3.10. The van der Waals surface area contributed by atoms with Crippen LogP contribution in [0.4, 0.5) is 0 Å². The first-order valence-electron chi connectivity index (χ1n) is 8.84. The predicted octanol–water partition coefficient (Wildman–Crippen LogP) is 1.69. The van der Waals surface area contributed by atoms with Gasteiger partial charge < -0.3 is 15.3 Å². The molecule has 1 aromatic rings. The van der Waals surface area contributed by atoms with E-state index in [1.54, 1.807) is 0 Å². The van der Waals surface area contributed by atoms with Crippen LogP contribution in [0, 0.1) is 5.92 Å². The van der Waals surface area contributed by atoms with E-state index in [-0.39, 0.29) is 29.3 Å². The van der Waals surface area contributed by atoms with Crippen molar-refractivity contribution in [2.75, 3.05) is 13.1 Å². The Labute approximate surface area is 146 Å². The Hall–Kier alpha value is -2.44. The molecule has 0 spiro atoms. The second-order valence-electron chi connectivity index (χ2n) is 6.79. The molecule has 7 nitrogen and oxygen atoms in total. The summed E-state index contributed by atoms with van der Waals surface area (Å²) in [5.74, 6) is -1.22. The molecule has 2 N–H and O–H groups in total. The molecule has 1 aliphatic heterocycles. The molecule has 2 amide bonds. The van der Waals surface area contributed by atoms with Gasteiger partial charge in [-0.05, 0) is 31.4 Å². The zero-order valence-corrected chi connectivity index (χ0v) is 14.1. The first-order valence-corrected chi connectivity index (χ1v) is 8.84. The number of carboxylic acids is 1. The molecule has 3 rings (SSSR count). The number of nitrogens with zero attached hydrogens (tertiary/aromatic N) is 2. The summed E-state index contributed by atoms with van der Waals surface area (Å²) >= 11 is 0. The van der Waals surface area contributed by atoms with Gasteiger partial charge in [-0.25, -0.2) is 9.78 Å². The number of pyridine rings is 1. The number of nitrogens with one attached hydrogen (secondary N) is 1. The van der Waals surface area contributed by atoms with E-state index in [0.29, 0.717) is 19.5 Å². The molecule has 1 aromatic heterocycles. The van der Waals surface area contributed by atoms with Crippen LogP contribution in [0.15, 0.2) is 18.2 Å². The van der Waals surface area contributed by atoms with E-state index in [1.807, 2.05) is 4.90 Å². The van der Waals surface area contributed by atoms with Gasteiger partial charge in [0.05, 0.1) is 0 Å². The number of carbonyl (C=O) groups excluding carboxylic acids is 2. The van der Waals surface area contributed by atoms with Crippen LogP contribution < -0.4 is 5.32 Å². The fourth-order valence-electron chi connectivity index (χ4n) is 3.63. The van der Waals surface area contributed by atoms with E-state index in [9.17, 15) is 14.4 Å². The minimum Gasteiger partial charge on any atom is -0.477 e. The van der Waals surface area contributed by atoms with Gasteiger partial charge >= 0.3 is 5.97 Å². The number of likely N-dealkylation sites (tertiary alicyclic amines) is 1. The van der Waals surface area contributed by atoms with Gasteiger partial charge in [-0.3, -0.25) is 9.59 Å². The summed E-state index contributed by atoms with van der Waals surface area (Å²) in [6.07, 6.45) is 6.11. The highest BCUT2D eigenvalue weighted by molar-refractivity contribution is 5.94. The van der Waals surface area contributed by atoms with Crippen molar-refractivity contribution in [1.29, 1.82) is 0 Å². The molecule has 1 saturated carbocycles. The summed E-state index contributed by atoms with van der Waals surface area (Å²) in [4.78, 5) is 41.5. The molecule has 0 aromatic carbocycles. The lowest BCUT2D eigenvalue weighted by molar-refractivity contribution is -0.135. The molecule has 25 heavy (non-hydrogen) atoms. The molecular formula is C18H23N3O4. The van der Waals surface area contributed by atoms with E-state index in [0.717, 1.165) is 25.7 Å². The van der Waals surface area contributed by atoms with Gasteiger partial charge in [0.15, 0.2) is 0 Å². The number of rotatable bonds is 4. The third-order valence-electron chi connectivity index (χ3n) is 4.99. The largest absolute Gasteiger partial charge is 0.477 e. The van der Waals surface area contributed by atoms with E-state index >= 15 is 0 Å². The number of carboxylic acid groups (broad SMARTS) is 1. The number of aromatic carboxylic acids is 1. The molecule has 1 atom stereocenters. The van der Waals surface area contributed by atoms with Gasteiger partial charge in [0.2, 0.25) is 5.91 Å². The van der Waals surface area contributed by atoms with Gasteiger partial charge in [-0.1, -0.05) is 25.3 Å². The van der Waals surface area contributed by atoms with Gasteiger partial charge in [0.25, 0.3) is 5.91 Å². The second-order valence-corrected chi connectivity index (χ2v) is 6.79. The van der Waals surface area contributed by atoms with Crippen LogP contribution in [0.1, 0.15) is 59.5 Å². The quantitative estimate of drug-likeness (QED) is 0.865. The minimum atomic E-state index is -1.17. The third kappa shape index (κ3) is 4.15. The molecule has 0 radical (unpaired) electrons. The van der Waals surface area contributed by atoms with E-state index in [4.69, 9.17) is 5.11 Å². The van der Waals surface area contributed by atoms with Crippen molar-refractivity contribution in [3.8, 4) is 0 Å². The van der Waals surface area contributed by atoms with E-state index in [1.165, 1.54) is 24.6 Å². The first kappa shape index (κ1) is 17.4. The summed E-state index contributed by atoms with van der Waals surface area (Å²) in [5, 5.41) is 11.8. The molecule has 0 bridgehead atoms. The summed E-state index contributed by atoms with van der Waals surface area (Å²) in [7, 11) is 0. The number of hydrogen-bond acceptors (Lipinski definition) is 4. The van der Waals surface area contributed by atoms with Crippen molar-refractivity contribution < 1.29 is 19.5 Å². The summed E-state index contributed by atoms with van der Waals surface area (Å²) in [6.45, 7) is 1.17. The van der Waals surface area contributed by atoms with E-state index in [2.05, 4.69) is 10.3 Å². The molecule has 2 heterocycles. The number of aromatic nitrogens is 1. The zero-order valence-electron chi connectivity index (χ0n) is 14.1. The fraction of sp³-hybridized carbons (Fsp3) is 0.556. The van der Waals surface area contributed by atoms with Crippen molar-refractivity contribution in [1.82, 2.24) is 15.2 Å². The lowest BCUT2D eigenvalue weighted by atomic mass is 9.88. The minimum absolute atomic E-state index is 0.0805. The van der Waals surface area contributed by atoms with Gasteiger partial charge in [-0.2, -0.15) is 0 Å². The van der Waals surface area contributed by atoms with Crippen molar-refractivity contribution in [2.45, 2.75) is 44.6 Å². The zero-order chi connectivity index (χ0) is 17.8. The highest BCUT2D eigenvalue weighted by atomic mass is 16.4. The van der Waals surface area contributed by atoms with Crippen LogP contribution in [-0.2, 0) is 4.79 Å². The molecule has 1 aliphatic carbocycles. The monoisotopic (exact) mass is 345 g/mol. The second kappa shape index (κ2) is 7.63. The Morgan fingerprint density at radius 3 is 2.52 bits per heavy atom. The molecular weight excluding hydrogens is 322 g/mol. The summed E-state index contributed by atoms with van der Waals surface area (Å²) < 4.78 is 0. The van der Waals surface area contributed by atoms with Crippen LogP contribution in [0.5, 0.6) is 0 Å². The lowest BCUT2D eigenvalue weighted by Crippen LogP contribution is -2.40. The smallest absolute Gasteiger partial charge is 0.354 e. The average molecular weight is 345 g/mol. The lowest BCUT2D eigenvalue weighted by Gasteiger charge is -2.26. The highest BCUT2D eigenvalue weighted by Gasteiger charge is 2.32. The Morgan fingerprint density at radius 1 is 1.08 bits per heavy atom. The fourth-order valence-corrected chi connectivity index (χ4v) is 3.63. The Bertz CT molecular complexity index is 670.